The number of benzene rings is 2. The topological polar surface area (TPSA) is 88.1 Å². The van der Waals surface area contributed by atoms with Gasteiger partial charge in [0, 0.05) is 18.4 Å². The molecule has 2 aromatic carbocycles. The second-order valence-electron chi connectivity index (χ2n) is 6.17. The Hall–Kier alpha value is -3.68. The number of hydrogen-bond donors (Lipinski definition) is 3. The van der Waals surface area contributed by atoms with Crippen molar-refractivity contribution in [3.05, 3.63) is 71.3 Å². The van der Waals surface area contributed by atoms with Crippen LogP contribution >= 0.6 is 0 Å². The maximum absolute atomic E-state index is 13.2. The second-order valence-corrected chi connectivity index (χ2v) is 6.17. The smallest absolute Gasteiger partial charge is 0.318 e. The lowest BCUT2D eigenvalue weighted by molar-refractivity contribution is 0.102. The summed E-state index contributed by atoms with van der Waals surface area (Å²) < 4.78 is 14.8. The van der Waals surface area contributed by atoms with E-state index in [1.54, 1.807) is 54.9 Å². The molecular formula is C20H20FN5O2. The number of aromatic nitrogens is 2. The molecule has 3 amide bonds. The number of halogens is 1. The summed E-state index contributed by atoms with van der Waals surface area (Å²) in [4.78, 5) is 24.1. The molecule has 0 radical (unpaired) electrons. The van der Waals surface area contributed by atoms with E-state index in [0.29, 0.717) is 34.0 Å². The Morgan fingerprint density at radius 1 is 0.929 bits per heavy atom. The number of amides is 3. The molecule has 0 aliphatic rings. The maximum Gasteiger partial charge on any atom is 0.318 e. The summed E-state index contributed by atoms with van der Waals surface area (Å²) >= 11 is 0. The molecule has 0 atom stereocenters. The zero-order valence-electron chi connectivity index (χ0n) is 15.7. The van der Waals surface area contributed by atoms with Crippen molar-refractivity contribution in [1.82, 2.24) is 15.1 Å². The van der Waals surface area contributed by atoms with E-state index in [1.807, 2.05) is 0 Å². The van der Waals surface area contributed by atoms with Crippen LogP contribution in [0.3, 0.4) is 0 Å². The molecule has 0 spiro atoms. The Morgan fingerprint density at radius 2 is 1.50 bits per heavy atom. The highest BCUT2D eigenvalue weighted by atomic mass is 19.1. The molecule has 1 heterocycles. The summed E-state index contributed by atoms with van der Waals surface area (Å²) in [6.07, 6.45) is 0. The minimum atomic E-state index is -0.336. The lowest BCUT2D eigenvalue weighted by Crippen LogP contribution is -2.24. The highest BCUT2D eigenvalue weighted by Gasteiger charge is 2.19. The number of nitrogens with one attached hydrogen (secondary N) is 3. The molecule has 0 aliphatic carbocycles. The number of carbonyl (C=O) groups excluding carboxylic acids is 2. The molecule has 3 rings (SSSR count). The van der Waals surface area contributed by atoms with E-state index in [-0.39, 0.29) is 17.8 Å². The fraction of sp³-hybridized carbons (Fsp3) is 0.150. The van der Waals surface area contributed by atoms with E-state index in [2.05, 4.69) is 21.0 Å². The van der Waals surface area contributed by atoms with Gasteiger partial charge in [0.2, 0.25) is 0 Å². The Morgan fingerprint density at radius 3 is 2.07 bits per heavy atom. The zero-order valence-corrected chi connectivity index (χ0v) is 15.7. The Bertz CT molecular complexity index is 1010. The van der Waals surface area contributed by atoms with Crippen LogP contribution in [-0.4, -0.2) is 28.8 Å². The third kappa shape index (κ3) is 4.01. The van der Waals surface area contributed by atoms with Gasteiger partial charge in [0.05, 0.1) is 22.6 Å². The maximum atomic E-state index is 13.2. The monoisotopic (exact) mass is 381 g/mol. The SMILES string of the molecule is CNC(=O)Nc1ccc(NC(=O)c2c(C)nn(-c3ccc(F)cc3)c2C)cc1. The van der Waals surface area contributed by atoms with Crippen LogP contribution in [-0.2, 0) is 0 Å². The summed E-state index contributed by atoms with van der Waals surface area (Å²) in [5.74, 6) is -0.632. The van der Waals surface area contributed by atoms with Crippen molar-refractivity contribution in [3.63, 3.8) is 0 Å². The molecule has 0 bridgehead atoms. The lowest BCUT2D eigenvalue weighted by Gasteiger charge is -2.08. The number of hydrogen-bond acceptors (Lipinski definition) is 3. The summed E-state index contributed by atoms with van der Waals surface area (Å²) in [6.45, 7) is 3.53. The van der Waals surface area contributed by atoms with Gasteiger partial charge in [-0.25, -0.2) is 13.9 Å². The summed E-state index contributed by atoms with van der Waals surface area (Å²) in [5, 5.41) is 12.3. The highest BCUT2D eigenvalue weighted by molar-refractivity contribution is 6.06. The zero-order chi connectivity index (χ0) is 20.3. The largest absolute Gasteiger partial charge is 0.341 e. The van der Waals surface area contributed by atoms with E-state index in [4.69, 9.17) is 0 Å². The van der Waals surface area contributed by atoms with Crippen LogP contribution in [0.15, 0.2) is 48.5 Å². The van der Waals surface area contributed by atoms with Crippen molar-refractivity contribution in [3.8, 4) is 5.69 Å². The van der Waals surface area contributed by atoms with Gasteiger partial charge in [-0.3, -0.25) is 4.79 Å². The van der Waals surface area contributed by atoms with Crippen LogP contribution in [0.2, 0.25) is 0 Å². The third-order valence-electron chi connectivity index (χ3n) is 4.22. The molecule has 28 heavy (non-hydrogen) atoms. The predicted molar refractivity (Wildman–Crippen MR) is 105 cm³/mol. The van der Waals surface area contributed by atoms with Crippen LogP contribution < -0.4 is 16.0 Å². The van der Waals surface area contributed by atoms with Gasteiger partial charge in [0.1, 0.15) is 5.82 Å². The van der Waals surface area contributed by atoms with Crippen molar-refractivity contribution in [1.29, 1.82) is 0 Å². The van der Waals surface area contributed by atoms with Gasteiger partial charge < -0.3 is 16.0 Å². The number of aryl methyl sites for hydroxylation is 1. The van der Waals surface area contributed by atoms with Crippen LogP contribution in [0.4, 0.5) is 20.6 Å². The van der Waals surface area contributed by atoms with Gasteiger partial charge >= 0.3 is 6.03 Å². The standard InChI is InChI=1S/C20H20FN5O2/c1-12-18(13(2)26(25-12)17-10-4-14(21)5-11-17)19(27)23-15-6-8-16(9-7-15)24-20(28)22-3/h4-11H,1-3H3,(H,23,27)(H2,22,24,28). The Kier molecular flexibility index (Phi) is 5.39. The summed E-state index contributed by atoms with van der Waals surface area (Å²) in [5.41, 5.74) is 3.54. The fourth-order valence-electron chi connectivity index (χ4n) is 2.83. The van der Waals surface area contributed by atoms with Gasteiger partial charge in [0.25, 0.3) is 5.91 Å². The Labute approximate surface area is 161 Å². The first-order valence-corrected chi connectivity index (χ1v) is 8.61. The van der Waals surface area contributed by atoms with Crippen molar-refractivity contribution in [2.75, 3.05) is 17.7 Å². The summed E-state index contributed by atoms with van der Waals surface area (Å²) in [7, 11) is 1.53. The number of urea groups is 1. The average Bonchev–Trinajstić information content (AvgIpc) is 2.98. The molecule has 144 valence electrons. The first-order chi connectivity index (χ1) is 13.4. The lowest BCUT2D eigenvalue weighted by atomic mass is 10.1. The number of nitrogens with zero attached hydrogens (tertiary/aromatic N) is 2. The molecule has 3 N–H and O–H groups in total. The molecule has 0 saturated carbocycles. The van der Waals surface area contributed by atoms with E-state index < -0.39 is 0 Å². The van der Waals surface area contributed by atoms with E-state index in [0.717, 1.165) is 0 Å². The van der Waals surface area contributed by atoms with Gasteiger partial charge in [-0.1, -0.05) is 0 Å². The van der Waals surface area contributed by atoms with Crippen LogP contribution in [0.25, 0.3) is 5.69 Å². The third-order valence-corrected chi connectivity index (χ3v) is 4.22. The number of anilines is 2. The average molecular weight is 381 g/mol. The molecule has 1 aromatic heterocycles. The van der Waals surface area contributed by atoms with Crippen LogP contribution in [0, 0.1) is 19.7 Å². The van der Waals surface area contributed by atoms with E-state index in [1.165, 1.54) is 19.2 Å². The fourth-order valence-corrected chi connectivity index (χ4v) is 2.83. The van der Waals surface area contributed by atoms with Gasteiger partial charge in [-0.2, -0.15) is 5.10 Å². The molecule has 0 saturated heterocycles. The van der Waals surface area contributed by atoms with Crippen LogP contribution in [0.5, 0.6) is 0 Å². The quantitative estimate of drug-likeness (QED) is 0.645. The molecule has 8 heteroatoms. The number of carbonyl (C=O) groups is 2. The minimum Gasteiger partial charge on any atom is -0.341 e. The van der Waals surface area contributed by atoms with Crippen molar-refractivity contribution in [2.24, 2.45) is 0 Å². The summed E-state index contributed by atoms with van der Waals surface area (Å²) in [6, 6.07) is 12.3. The van der Waals surface area contributed by atoms with Crippen molar-refractivity contribution in [2.45, 2.75) is 13.8 Å². The normalized spacial score (nSPS) is 10.4. The van der Waals surface area contributed by atoms with E-state index >= 15 is 0 Å². The first kappa shape index (κ1) is 19.1. The number of rotatable bonds is 4. The molecule has 7 nitrogen and oxygen atoms in total. The van der Waals surface area contributed by atoms with Gasteiger partial charge in [-0.15, -0.1) is 0 Å². The molecule has 0 aliphatic heterocycles. The first-order valence-electron chi connectivity index (χ1n) is 8.61. The van der Waals surface area contributed by atoms with E-state index in [9.17, 15) is 14.0 Å². The van der Waals surface area contributed by atoms with Crippen molar-refractivity contribution >= 4 is 23.3 Å². The molecule has 3 aromatic rings. The molecular weight excluding hydrogens is 361 g/mol. The second kappa shape index (κ2) is 7.91. The molecule has 0 fully saturated rings. The Balaban J connectivity index is 1.79. The minimum absolute atomic E-state index is 0.296. The van der Waals surface area contributed by atoms with Crippen LogP contribution in [0.1, 0.15) is 21.7 Å². The predicted octanol–water partition coefficient (Wildman–Crippen LogP) is 3.63. The highest BCUT2D eigenvalue weighted by Crippen LogP contribution is 2.20. The van der Waals surface area contributed by atoms with Crippen molar-refractivity contribution < 1.29 is 14.0 Å². The van der Waals surface area contributed by atoms with Gasteiger partial charge in [-0.05, 0) is 62.4 Å². The van der Waals surface area contributed by atoms with Gasteiger partial charge in [0.15, 0.2) is 0 Å². The molecule has 0 unspecified atom stereocenters.